The van der Waals surface area contributed by atoms with Crippen molar-refractivity contribution >= 4 is 20.5 Å². The predicted molar refractivity (Wildman–Crippen MR) is 59.9 cm³/mol. The van der Waals surface area contributed by atoms with Crippen molar-refractivity contribution in [1.29, 1.82) is 0 Å². The number of benzene rings is 1. The summed E-state index contributed by atoms with van der Waals surface area (Å²) in [5.41, 5.74) is 0.828. The lowest BCUT2D eigenvalue weighted by Crippen LogP contribution is -2.35. The summed E-state index contributed by atoms with van der Waals surface area (Å²) in [4.78, 5) is 24.1. The van der Waals surface area contributed by atoms with Gasteiger partial charge in [0.05, 0.1) is 0 Å². The molecule has 1 saturated heterocycles. The Labute approximate surface area is 99.6 Å². The van der Waals surface area contributed by atoms with Crippen LogP contribution in [0, 0.1) is 0 Å². The predicted octanol–water partition coefficient (Wildman–Crippen LogP) is 2.00. The molecule has 5 nitrogen and oxygen atoms in total. The van der Waals surface area contributed by atoms with Gasteiger partial charge in [0.1, 0.15) is 18.8 Å². The van der Waals surface area contributed by atoms with Gasteiger partial charge in [0, 0.05) is 0 Å². The van der Waals surface area contributed by atoms with Crippen LogP contribution in [0.1, 0.15) is 11.6 Å². The van der Waals surface area contributed by atoms with Crippen LogP contribution in [-0.2, 0) is 14.1 Å². The molecule has 2 amide bonds. The van der Waals surface area contributed by atoms with Crippen molar-refractivity contribution in [2.24, 2.45) is 0 Å². The first-order chi connectivity index (χ1) is 8.24. The van der Waals surface area contributed by atoms with Gasteiger partial charge in [0.25, 0.3) is 0 Å². The third-order valence-electron chi connectivity index (χ3n) is 2.53. The molecule has 0 unspecified atom stereocenters. The summed E-state index contributed by atoms with van der Waals surface area (Å²) in [6, 6.07) is 8.73. The fraction of sp³-hybridized carbons (Fsp3) is 0.273. The molecule has 88 valence electrons. The van der Waals surface area contributed by atoms with Crippen molar-refractivity contribution < 1.29 is 18.9 Å². The lowest BCUT2D eigenvalue weighted by Gasteiger charge is -2.18. The SMILES string of the molecule is O=PCC(=O)N1C(=O)OC[C@H]1c1ccccc1. The van der Waals surface area contributed by atoms with Crippen LogP contribution in [0.15, 0.2) is 30.3 Å². The molecule has 0 bridgehead atoms. The molecule has 1 aliphatic heterocycles. The summed E-state index contributed by atoms with van der Waals surface area (Å²) in [5, 5.41) is 0. The molecule has 0 radical (unpaired) electrons. The molecule has 2 rings (SSSR count). The second-order valence-corrected chi connectivity index (χ2v) is 4.13. The summed E-state index contributed by atoms with van der Waals surface area (Å²) >= 11 is 0. The van der Waals surface area contributed by atoms with Crippen molar-refractivity contribution in [2.45, 2.75) is 6.04 Å². The van der Waals surface area contributed by atoms with E-state index >= 15 is 0 Å². The zero-order valence-corrected chi connectivity index (χ0v) is 9.80. The van der Waals surface area contributed by atoms with E-state index in [-0.39, 0.29) is 21.2 Å². The number of amides is 2. The average Bonchev–Trinajstić information content (AvgIpc) is 2.73. The normalized spacial score (nSPS) is 19.4. The molecule has 1 aromatic carbocycles. The number of hydrogen-bond donors (Lipinski definition) is 0. The van der Waals surface area contributed by atoms with E-state index in [2.05, 4.69) is 0 Å². The van der Waals surface area contributed by atoms with Crippen molar-refractivity contribution in [3.05, 3.63) is 35.9 Å². The number of cyclic esters (lactones) is 1. The molecule has 17 heavy (non-hydrogen) atoms. The molecule has 0 saturated carbocycles. The Kier molecular flexibility index (Phi) is 3.49. The van der Waals surface area contributed by atoms with E-state index in [9.17, 15) is 14.2 Å². The highest BCUT2D eigenvalue weighted by molar-refractivity contribution is 7.25. The van der Waals surface area contributed by atoms with E-state index in [1.54, 1.807) is 0 Å². The maximum atomic E-state index is 11.7. The quantitative estimate of drug-likeness (QED) is 0.771. The number of imide groups is 1. The minimum atomic E-state index is -0.674. The molecule has 6 heteroatoms. The third-order valence-corrected chi connectivity index (χ3v) is 2.93. The molecule has 0 N–H and O–H groups in total. The summed E-state index contributed by atoms with van der Waals surface area (Å²) in [6.45, 7) is 0.143. The van der Waals surface area contributed by atoms with Gasteiger partial charge < -0.3 is 4.74 Å². The molecule has 0 spiro atoms. The van der Waals surface area contributed by atoms with Crippen LogP contribution in [0.3, 0.4) is 0 Å². The van der Waals surface area contributed by atoms with Gasteiger partial charge in [-0.25, -0.2) is 9.69 Å². The maximum Gasteiger partial charge on any atom is 0.417 e. The highest BCUT2D eigenvalue weighted by atomic mass is 31.1. The van der Waals surface area contributed by atoms with E-state index in [4.69, 9.17) is 4.74 Å². The van der Waals surface area contributed by atoms with E-state index < -0.39 is 18.0 Å². The first-order valence-electron chi connectivity index (χ1n) is 5.07. The first-order valence-corrected chi connectivity index (χ1v) is 6.06. The van der Waals surface area contributed by atoms with E-state index in [1.165, 1.54) is 0 Å². The van der Waals surface area contributed by atoms with Gasteiger partial charge in [-0.2, -0.15) is 0 Å². The van der Waals surface area contributed by atoms with Gasteiger partial charge in [-0.3, -0.25) is 9.36 Å². The highest BCUT2D eigenvalue weighted by Gasteiger charge is 2.38. The Morgan fingerprint density at radius 3 is 2.76 bits per heavy atom. The standard InChI is InChI=1S/C11H10NO4P/c13-10(7-17-15)12-9(6-16-11(12)14)8-4-2-1-3-5-8/h1-5,9H,6-7H2/t9-/m0/s1. The average molecular weight is 251 g/mol. The van der Waals surface area contributed by atoms with E-state index in [0.29, 0.717) is 0 Å². The number of nitrogens with zero attached hydrogens (tertiary/aromatic N) is 1. The molecule has 1 atom stereocenters. The van der Waals surface area contributed by atoms with Crippen molar-refractivity contribution in [3.63, 3.8) is 0 Å². The van der Waals surface area contributed by atoms with E-state index in [0.717, 1.165) is 10.5 Å². The van der Waals surface area contributed by atoms with Gasteiger partial charge >= 0.3 is 6.09 Å². The molecular weight excluding hydrogens is 241 g/mol. The highest BCUT2D eigenvalue weighted by Crippen LogP contribution is 2.27. The van der Waals surface area contributed by atoms with Crippen LogP contribution >= 0.6 is 8.46 Å². The smallest absolute Gasteiger partial charge is 0.417 e. The van der Waals surface area contributed by atoms with E-state index in [1.807, 2.05) is 30.3 Å². The molecule has 1 aliphatic rings. The maximum absolute atomic E-state index is 11.7. The number of carbonyl (C=O) groups excluding carboxylic acids is 2. The summed E-state index contributed by atoms with van der Waals surface area (Å²) in [6.07, 6.45) is -0.883. The molecule has 1 heterocycles. The van der Waals surface area contributed by atoms with Crippen LogP contribution in [0.2, 0.25) is 0 Å². The van der Waals surface area contributed by atoms with Gasteiger partial charge in [0.2, 0.25) is 5.91 Å². The lowest BCUT2D eigenvalue weighted by molar-refractivity contribution is -0.126. The number of ether oxygens (including phenoxy) is 1. The summed E-state index contributed by atoms with van der Waals surface area (Å²) in [7, 11) is -0.300. The Bertz CT molecular complexity index is 448. The summed E-state index contributed by atoms with van der Waals surface area (Å²) < 4.78 is 15.3. The number of hydrogen-bond acceptors (Lipinski definition) is 4. The zero-order chi connectivity index (χ0) is 12.3. The van der Waals surface area contributed by atoms with Crippen LogP contribution in [-0.4, -0.2) is 29.7 Å². The summed E-state index contributed by atoms with van der Waals surface area (Å²) in [5.74, 6) is -0.488. The van der Waals surface area contributed by atoms with Crippen molar-refractivity contribution in [1.82, 2.24) is 4.90 Å². The Hall–Kier alpha value is -1.74. The molecule has 1 aromatic rings. The van der Waals surface area contributed by atoms with Gasteiger partial charge in [-0.1, -0.05) is 30.3 Å². The van der Waals surface area contributed by atoms with Crippen molar-refractivity contribution in [2.75, 3.05) is 12.8 Å². The Morgan fingerprint density at radius 2 is 2.12 bits per heavy atom. The minimum absolute atomic E-state index is 0.143. The second kappa shape index (κ2) is 5.06. The molecule has 0 aliphatic carbocycles. The lowest BCUT2D eigenvalue weighted by atomic mass is 10.1. The van der Waals surface area contributed by atoms with Gasteiger partial charge in [0.15, 0.2) is 8.46 Å². The molecule has 0 aromatic heterocycles. The van der Waals surface area contributed by atoms with Crippen LogP contribution in [0.4, 0.5) is 4.79 Å². The van der Waals surface area contributed by atoms with Crippen LogP contribution in [0.25, 0.3) is 0 Å². The Morgan fingerprint density at radius 1 is 1.41 bits per heavy atom. The monoisotopic (exact) mass is 251 g/mol. The second-order valence-electron chi connectivity index (χ2n) is 3.55. The van der Waals surface area contributed by atoms with Gasteiger partial charge in [-0.05, 0) is 5.56 Å². The fourth-order valence-electron chi connectivity index (χ4n) is 1.75. The number of rotatable bonds is 3. The Balaban J connectivity index is 2.25. The van der Waals surface area contributed by atoms with Gasteiger partial charge in [-0.15, -0.1) is 0 Å². The fourth-order valence-corrected chi connectivity index (χ4v) is 2.01. The van der Waals surface area contributed by atoms with Crippen molar-refractivity contribution in [3.8, 4) is 0 Å². The number of carbonyl (C=O) groups is 2. The molecule has 1 fully saturated rings. The van der Waals surface area contributed by atoms with Crippen LogP contribution in [0.5, 0.6) is 0 Å². The third kappa shape index (κ3) is 2.34. The molecular formula is C11H10NO4P. The zero-order valence-electron chi connectivity index (χ0n) is 8.91. The topological polar surface area (TPSA) is 63.7 Å². The minimum Gasteiger partial charge on any atom is -0.446 e. The van der Waals surface area contributed by atoms with Crippen LogP contribution < -0.4 is 0 Å². The first kappa shape index (κ1) is 11.7. The largest absolute Gasteiger partial charge is 0.446 e.